The van der Waals surface area contributed by atoms with Crippen LogP contribution in [0.3, 0.4) is 0 Å². The van der Waals surface area contributed by atoms with Crippen molar-refractivity contribution in [2.75, 3.05) is 19.1 Å². The Labute approximate surface area is 107 Å². The van der Waals surface area contributed by atoms with E-state index >= 15 is 0 Å². The van der Waals surface area contributed by atoms with Gasteiger partial charge in [0.15, 0.2) is 0 Å². The molecule has 1 aliphatic carbocycles. The fourth-order valence-corrected chi connectivity index (χ4v) is 2.18. The minimum Gasteiger partial charge on any atom is -0.495 e. The van der Waals surface area contributed by atoms with Crippen LogP contribution < -0.4 is 15.4 Å². The molecular weight excluding hydrogens is 228 g/mol. The minimum absolute atomic E-state index is 0.00924. The Morgan fingerprint density at radius 1 is 1.39 bits per heavy atom. The van der Waals surface area contributed by atoms with Gasteiger partial charge >= 0.3 is 0 Å². The van der Waals surface area contributed by atoms with E-state index in [2.05, 4.69) is 0 Å². The molecule has 18 heavy (non-hydrogen) atoms. The predicted molar refractivity (Wildman–Crippen MR) is 71.6 cm³/mol. The number of hydrogen-bond donors (Lipinski definition) is 1. The van der Waals surface area contributed by atoms with E-state index in [1.54, 1.807) is 19.1 Å². The molecule has 2 atom stereocenters. The van der Waals surface area contributed by atoms with E-state index in [-0.39, 0.29) is 17.9 Å². The standard InChI is InChI=1S/C14H18N2O2/c1-16(12-5-3-4-6-13(12)18-2)14(17)10-7-8-11(15)9-10/h3-8,10-11H,9,15H2,1-2H3. The van der Waals surface area contributed by atoms with Crippen LogP contribution in [0.5, 0.6) is 5.75 Å². The van der Waals surface area contributed by atoms with E-state index in [1.165, 1.54) is 0 Å². The van der Waals surface area contributed by atoms with Gasteiger partial charge in [0.05, 0.1) is 18.7 Å². The summed E-state index contributed by atoms with van der Waals surface area (Å²) in [5.74, 6) is 0.609. The van der Waals surface area contributed by atoms with Crippen LogP contribution in [0.15, 0.2) is 36.4 Å². The van der Waals surface area contributed by atoms with Gasteiger partial charge in [0.2, 0.25) is 5.91 Å². The Bertz CT molecular complexity index is 471. The van der Waals surface area contributed by atoms with E-state index < -0.39 is 0 Å². The number of hydrogen-bond acceptors (Lipinski definition) is 3. The van der Waals surface area contributed by atoms with E-state index in [9.17, 15) is 4.79 Å². The molecule has 0 saturated carbocycles. The molecule has 4 heteroatoms. The molecule has 0 bridgehead atoms. The number of benzene rings is 1. The van der Waals surface area contributed by atoms with Crippen molar-refractivity contribution >= 4 is 11.6 Å². The maximum atomic E-state index is 12.3. The second kappa shape index (κ2) is 5.23. The van der Waals surface area contributed by atoms with Gasteiger partial charge in [-0.1, -0.05) is 24.3 Å². The quantitative estimate of drug-likeness (QED) is 0.823. The van der Waals surface area contributed by atoms with E-state index in [4.69, 9.17) is 10.5 Å². The molecule has 2 rings (SSSR count). The Hall–Kier alpha value is -1.81. The molecule has 0 heterocycles. The van der Waals surface area contributed by atoms with Crippen LogP contribution in [0.4, 0.5) is 5.69 Å². The van der Waals surface area contributed by atoms with Gasteiger partial charge in [0.25, 0.3) is 0 Å². The van der Waals surface area contributed by atoms with Gasteiger partial charge in [-0.2, -0.15) is 0 Å². The van der Waals surface area contributed by atoms with E-state index in [0.717, 1.165) is 5.69 Å². The molecule has 2 unspecified atom stereocenters. The molecule has 0 spiro atoms. The third-order valence-corrected chi connectivity index (χ3v) is 3.21. The number of rotatable bonds is 3. The van der Waals surface area contributed by atoms with Crippen LogP contribution in [0.1, 0.15) is 6.42 Å². The number of carbonyl (C=O) groups is 1. The van der Waals surface area contributed by atoms with Gasteiger partial charge < -0.3 is 15.4 Å². The smallest absolute Gasteiger partial charge is 0.233 e. The lowest BCUT2D eigenvalue weighted by Gasteiger charge is -2.22. The number of amides is 1. The Morgan fingerprint density at radius 2 is 2.11 bits per heavy atom. The van der Waals surface area contributed by atoms with Gasteiger partial charge in [-0.25, -0.2) is 0 Å². The van der Waals surface area contributed by atoms with Gasteiger partial charge in [0, 0.05) is 13.1 Å². The van der Waals surface area contributed by atoms with Crippen molar-refractivity contribution in [2.24, 2.45) is 11.7 Å². The molecule has 2 N–H and O–H groups in total. The van der Waals surface area contributed by atoms with Crippen molar-refractivity contribution in [1.82, 2.24) is 0 Å². The maximum Gasteiger partial charge on any atom is 0.233 e. The minimum atomic E-state index is -0.130. The molecule has 96 valence electrons. The van der Waals surface area contributed by atoms with Crippen molar-refractivity contribution in [3.05, 3.63) is 36.4 Å². The fraction of sp³-hybridized carbons (Fsp3) is 0.357. The van der Waals surface area contributed by atoms with Crippen molar-refractivity contribution in [2.45, 2.75) is 12.5 Å². The van der Waals surface area contributed by atoms with Crippen molar-refractivity contribution in [3.63, 3.8) is 0 Å². The summed E-state index contributed by atoms with van der Waals surface area (Å²) in [7, 11) is 3.36. The summed E-state index contributed by atoms with van der Waals surface area (Å²) in [6, 6.07) is 7.47. The Morgan fingerprint density at radius 3 is 2.72 bits per heavy atom. The summed E-state index contributed by atoms with van der Waals surface area (Å²) in [6.07, 6.45) is 4.45. The average molecular weight is 246 g/mol. The SMILES string of the molecule is COc1ccccc1N(C)C(=O)C1C=CC(N)C1. The van der Waals surface area contributed by atoms with Crippen LogP contribution in [-0.2, 0) is 4.79 Å². The van der Waals surface area contributed by atoms with Crippen LogP contribution in [-0.4, -0.2) is 26.1 Å². The zero-order chi connectivity index (χ0) is 13.1. The number of nitrogens with two attached hydrogens (primary N) is 1. The second-order valence-electron chi connectivity index (χ2n) is 4.46. The summed E-state index contributed by atoms with van der Waals surface area (Å²) in [4.78, 5) is 14.0. The number of ether oxygens (including phenoxy) is 1. The summed E-state index contributed by atoms with van der Waals surface area (Å²) >= 11 is 0. The summed E-state index contributed by atoms with van der Waals surface area (Å²) < 4.78 is 5.26. The van der Waals surface area contributed by atoms with Crippen molar-refractivity contribution in [3.8, 4) is 5.75 Å². The maximum absolute atomic E-state index is 12.3. The summed E-state index contributed by atoms with van der Waals surface area (Å²) in [6.45, 7) is 0. The number of methoxy groups -OCH3 is 1. The number of carbonyl (C=O) groups excluding carboxylic acids is 1. The first-order valence-electron chi connectivity index (χ1n) is 5.98. The predicted octanol–water partition coefficient (Wildman–Crippen LogP) is 1.56. The molecular formula is C14H18N2O2. The Kier molecular flexibility index (Phi) is 3.67. The Balaban J connectivity index is 2.18. The molecule has 0 aromatic heterocycles. The monoisotopic (exact) mass is 246 g/mol. The van der Waals surface area contributed by atoms with Crippen LogP contribution in [0, 0.1) is 5.92 Å². The molecule has 0 radical (unpaired) electrons. The normalized spacial score (nSPS) is 21.9. The molecule has 1 aromatic carbocycles. The van der Waals surface area contributed by atoms with Crippen molar-refractivity contribution in [1.29, 1.82) is 0 Å². The van der Waals surface area contributed by atoms with E-state index in [1.807, 2.05) is 36.4 Å². The van der Waals surface area contributed by atoms with Gasteiger partial charge in [-0.15, -0.1) is 0 Å². The van der Waals surface area contributed by atoms with Crippen molar-refractivity contribution < 1.29 is 9.53 Å². The molecule has 1 amide bonds. The zero-order valence-electron chi connectivity index (χ0n) is 10.7. The first-order valence-corrected chi connectivity index (χ1v) is 5.98. The first-order chi connectivity index (χ1) is 8.63. The third-order valence-electron chi connectivity index (χ3n) is 3.21. The van der Waals surface area contributed by atoms with Crippen LogP contribution >= 0.6 is 0 Å². The lowest BCUT2D eigenvalue weighted by molar-refractivity contribution is -0.120. The molecule has 0 fully saturated rings. The molecule has 1 aromatic rings. The highest BCUT2D eigenvalue weighted by atomic mass is 16.5. The highest BCUT2D eigenvalue weighted by Gasteiger charge is 2.26. The number of para-hydroxylation sites is 2. The summed E-state index contributed by atoms with van der Waals surface area (Å²) in [5.41, 5.74) is 6.55. The molecule has 0 aliphatic heterocycles. The number of nitrogens with zero attached hydrogens (tertiary/aromatic N) is 1. The van der Waals surface area contributed by atoms with Crippen LogP contribution in [0.2, 0.25) is 0 Å². The van der Waals surface area contributed by atoms with Gasteiger partial charge in [0.1, 0.15) is 5.75 Å². The first kappa shape index (κ1) is 12.6. The van der Waals surface area contributed by atoms with Crippen LogP contribution in [0.25, 0.3) is 0 Å². The highest BCUT2D eigenvalue weighted by molar-refractivity contribution is 5.97. The van der Waals surface area contributed by atoms with Gasteiger partial charge in [-0.05, 0) is 18.6 Å². The van der Waals surface area contributed by atoms with E-state index in [0.29, 0.717) is 12.2 Å². The second-order valence-corrected chi connectivity index (χ2v) is 4.46. The lowest BCUT2D eigenvalue weighted by Crippen LogP contribution is -2.33. The van der Waals surface area contributed by atoms with Gasteiger partial charge in [-0.3, -0.25) is 4.79 Å². The fourth-order valence-electron chi connectivity index (χ4n) is 2.18. The summed E-state index contributed by atoms with van der Waals surface area (Å²) in [5, 5.41) is 0. The topological polar surface area (TPSA) is 55.6 Å². The lowest BCUT2D eigenvalue weighted by atomic mass is 10.1. The average Bonchev–Trinajstić information content (AvgIpc) is 2.83. The molecule has 1 aliphatic rings. The zero-order valence-corrected chi connectivity index (χ0v) is 10.7. The largest absolute Gasteiger partial charge is 0.495 e. The third kappa shape index (κ3) is 2.38. The number of anilines is 1. The molecule has 4 nitrogen and oxygen atoms in total. The highest BCUT2D eigenvalue weighted by Crippen LogP contribution is 2.29. The molecule has 0 saturated heterocycles.